The molecule has 3 fully saturated rings. The highest BCUT2D eigenvalue weighted by atomic mass is 16.6. The van der Waals surface area contributed by atoms with E-state index in [1.807, 2.05) is 6.92 Å². The van der Waals surface area contributed by atoms with E-state index in [2.05, 4.69) is 26.8 Å². The van der Waals surface area contributed by atoms with Gasteiger partial charge in [-0.2, -0.15) is 0 Å². The van der Waals surface area contributed by atoms with Gasteiger partial charge in [0.25, 0.3) is 0 Å². The van der Waals surface area contributed by atoms with Crippen LogP contribution in [0.1, 0.15) is 40.5 Å². The largest absolute Gasteiger partial charge is 0.373 e. The summed E-state index contributed by atoms with van der Waals surface area (Å²) in [6.07, 6.45) is 3.65. The van der Waals surface area contributed by atoms with Crippen molar-refractivity contribution in [1.82, 2.24) is 0 Å². The molecule has 0 unspecified atom stereocenters. The predicted molar refractivity (Wildman–Crippen MR) is 79.1 cm³/mol. The van der Waals surface area contributed by atoms with Crippen LogP contribution in [-0.2, 0) is 19.0 Å². The van der Waals surface area contributed by atoms with E-state index in [-0.39, 0.29) is 34.9 Å². The summed E-state index contributed by atoms with van der Waals surface area (Å²) >= 11 is 0. The molecule has 0 aromatic carbocycles. The maximum atomic E-state index is 12.5. The second-order valence-electron chi connectivity index (χ2n) is 7.30. The molecule has 2 heterocycles. The third-order valence-corrected chi connectivity index (χ3v) is 5.39. The molecule has 4 heteroatoms. The summed E-state index contributed by atoms with van der Waals surface area (Å²) in [5.74, 6) is 0.211. The summed E-state index contributed by atoms with van der Waals surface area (Å²) in [6, 6.07) is 0. The first-order valence-corrected chi connectivity index (χ1v) is 7.86. The molecule has 1 spiro atoms. The lowest BCUT2D eigenvalue weighted by Crippen LogP contribution is -2.55. The number of carbonyl (C=O) groups is 1. The molecule has 118 valence electrons. The van der Waals surface area contributed by atoms with Crippen molar-refractivity contribution in [3.05, 3.63) is 11.6 Å². The van der Waals surface area contributed by atoms with Crippen LogP contribution in [0.25, 0.3) is 0 Å². The van der Waals surface area contributed by atoms with Crippen LogP contribution in [0.3, 0.4) is 0 Å². The highest BCUT2D eigenvalue weighted by molar-refractivity contribution is 5.87. The minimum Gasteiger partial charge on any atom is -0.373 e. The number of methoxy groups -OCH3 is 1. The molecule has 2 aliphatic heterocycles. The van der Waals surface area contributed by atoms with E-state index in [9.17, 15) is 4.79 Å². The number of rotatable bonds is 4. The highest BCUT2D eigenvalue weighted by Crippen LogP contribution is 2.59. The Morgan fingerprint density at radius 3 is 2.67 bits per heavy atom. The molecule has 0 aromatic heterocycles. The van der Waals surface area contributed by atoms with Gasteiger partial charge in [-0.05, 0) is 33.6 Å². The first-order valence-electron chi connectivity index (χ1n) is 7.86. The van der Waals surface area contributed by atoms with Crippen molar-refractivity contribution >= 4 is 5.78 Å². The van der Waals surface area contributed by atoms with E-state index >= 15 is 0 Å². The van der Waals surface area contributed by atoms with Crippen LogP contribution in [-0.4, -0.2) is 42.9 Å². The standard InChI is InChI=1S/C17H26O4/c1-10(2)6-7-12-16(4,21-12)15-14(19-5)13(18)11(3)8-17(15)9-20-17/h6,11-12,14-15H,7-9H2,1-5H3/t11-,12-,14-,15-,16-,17+/m1/s1. The van der Waals surface area contributed by atoms with Gasteiger partial charge >= 0.3 is 0 Å². The van der Waals surface area contributed by atoms with Crippen LogP contribution < -0.4 is 0 Å². The van der Waals surface area contributed by atoms with Crippen molar-refractivity contribution in [3.8, 4) is 0 Å². The Hall–Kier alpha value is -0.710. The van der Waals surface area contributed by atoms with E-state index in [0.29, 0.717) is 0 Å². The number of Topliss-reactive ketones (excluding diaryl/α,β-unsaturated/α-hetero) is 1. The summed E-state index contributed by atoms with van der Waals surface area (Å²) in [6.45, 7) is 9.00. The van der Waals surface area contributed by atoms with Gasteiger partial charge in [-0.1, -0.05) is 18.6 Å². The molecule has 3 aliphatic rings. The molecule has 4 nitrogen and oxygen atoms in total. The number of carbonyl (C=O) groups excluding carboxylic acids is 1. The topological polar surface area (TPSA) is 51.4 Å². The monoisotopic (exact) mass is 294 g/mol. The molecule has 0 aromatic rings. The SMILES string of the molecule is CO[C@@H]1C(=O)[C@H](C)C[C@]2(CO2)[C@H]1[C@]1(C)O[C@@H]1CC=C(C)C. The van der Waals surface area contributed by atoms with Gasteiger partial charge in [0.15, 0.2) is 5.78 Å². The van der Waals surface area contributed by atoms with Crippen molar-refractivity contribution in [2.45, 2.75) is 63.9 Å². The molecule has 21 heavy (non-hydrogen) atoms. The van der Waals surface area contributed by atoms with Crippen LogP contribution in [0.15, 0.2) is 11.6 Å². The van der Waals surface area contributed by atoms with Crippen LogP contribution in [0.4, 0.5) is 0 Å². The fraction of sp³-hybridized carbons (Fsp3) is 0.824. The lowest BCUT2D eigenvalue weighted by Gasteiger charge is -2.40. The number of ether oxygens (including phenoxy) is 3. The predicted octanol–water partition coefficient (Wildman–Crippen LogP) is 2.51. The maximum absolute atomic E-state index is 12.5. The smallest absolute Gasteiger partial charge is 0.164 e. The average Bonchev–Trinajstić information content (AvgIpc) is 3.31. The summed E-state index contributed by atoms with van der Waals surface area (Å²) in [4.78, 5) is 12.5. The van der Waals surface area contributed by atoms with Gasteiger partial charge in [0.1, 0.15) is 17.3 Å². The molecule has 0 amide bonds. The quantitative estimate of drug-likeness (QED) is 0.590. The zero-order valence-corrected chi connectivity index (χ0v) is 13.6. The van der Waals surface area contributed by atoms with Gasteiger partial charge in [0.05, 0.1) is 18.6 Å². The molecule has 3 rings (SSSR count). The molecular formula is C17H26O4. The molecular weight excluding hydrogens is 268 g/mol. The Morgan fingerprint density at radius 1 is 1.48 bits per heavy atom. The van der Waals surface area contributed by atoms with E-state index in [1.165, 1.54) is 5.57 Å². The van der Waals surface area contributed by atoms with Crippen LogP contribution >= 0.6 is 0 Å². The second-order valence-corrected chi connectivity index (χ2v) is 7.30. The van der Waals surface area contributed by atoms with Gasteiger partial charge in [0, 0.05) is 13.0 Å². The van der Waals surface area contributed by atoms with Crippen molar-refractivity contribution < 1.29 is 19.0 Å². The summed E-state index contributed by atoms with van der Waals surface area (Å²) in [5, 5.41) is 0. The lowest BCUT2D eigenvalue weighted by molar-refractivity contribution is -0.148. The van der Waals surface area contributed by atoms with Crippen LogP contribution in [0.2, 0.25) is 0 Å². The molecule has 2 saturated heterocycles. The van der Waals surface area contributed by atoms with Crippen molar-refractivity contribution in [1.29, 1.82) is 0 Å². The van der Waals surface area contributed by atoms with Gasteiger partial charge in [-0.3, -0.25) is 4.79 Å². The number of epoxide rings is 2. The zero-order chi connectivity index (χ0) is 15.4. The Kier molecular flexibility index (Phi) is 3.55. The Balaban J connectivity index is 1.82. The number of hydrogen-bond donors (Lipinski definition) is 0. The summed E-state index contributed by atoms with van der Waals surface area (Å²) in [7, 11) is 1.63. The summed E-state index contributed by atoms with van der Waals surface area (Å²) in [5.41, 5.74) is 0.781. The van der Waals surface area contributed by atoms with Crippen molar-refractivity contribution in [2.24, 2.45) is 11.8 Å². The van der Waals surface area contributed by atoms with Crippen molar-refractivity contribution in [2.75, 3.05) is 13.7 Å². The maximum Gasteiger partial charge on any atom is 0.164 e. The van der Waals surface area contributed by atoms with Crippen LogP contribution in [0, 0.1) is 11.8 Å². The van der Waals surface area contributed by atoms with Crippen LogP contribution in [0.5, 0.6) is 0 Å². The Labute approximate surface area is 126 Å². The number of ketones is 1. The number of allylic oxidation sites excluding steroid dienone is 1. The number of hydrogen-bond acceptors (Lipinski definition) is 4. The van der Waals surface area contributed by atoms with E-state index in [1.54, 1.807) is 7.11 Å². The fourth-order valence-corrected chi connectivity index (χ4v) is 4.10. The molecule has 0 N–H and O–H groups in total. The fourth-order valence-electron chi connectivity index (χ4n) is 4.10. The first-order chi connectivity index (χ1) is 9.84. The van der Waals surface area contributed by atoms with Gasteiger partial charge in [0.2, 0.25) is 0 Å². The van der Waals surface area contributed by atoms with Gasteiger partial charge in [-0.15, -0.1) is 0 Å². The average molecular weight is 294 g/mol. The van der Waals surface area contributed by atoms with Gasteiger partial charge in [-0.25, -0.2) is 0 Å². The first kappa shape index (κ1) is 15.2. The molecule has 0 bridgehead atoms. The Bertz CT molecular complexity index is 475. The normalized spacial score (nSPS) is 48.3. The molecule has 0 radical (unpaired) electrons. The minimum absolute atomic E-state index is 0.00674. The second kappa shape index (κ2) is 4.90. The third kappa shape index (κ3) is 2.37. The highest BCUT2D eigenvalue weighted by Gasteiger charge is 2.72. The molecule has 1 aliphatic carbocycles. The van der Waals surface area contributed by atoms with E-state index in [4.69, 9.17) is 14.2 Å². The zero-order valence-electron chi connectivity index (χ0n) is 13.6. The minimum atomic E-state index is -0.405. The lowest BCUT2D eigenvalue weighted by atomic mass is 9.66. The Morgan fingerprint density at radius 2 is 2.14 bits per heavy atom. The van der Waals surface area contributed by atoms with E-state index in [0.717, 1.165) is 19.4 Å². The van der Waals surface area contributed by atoms with E-state index < -0.39 is 6.10 Å². The molecule has 1 saturated carbocycles. The van der Waals surface area contributed by atoms with Gasteiger partial charge < -0.3 is 14.2 Å². The summed E-state index contributed by atoms with van der Waals surface area (Å²) < 4.78 is 17.4. The third-order valence-electron chi connectivity index (χ3n) is 5.39. The molecule has 6 atom stereocenters. The van der Waals surface area contributed by atoms with Crippen molar-refractivity contribution in [3.63, 3.8) is 0 Å².